The number of rotatable bonds is 9. The van der Waals surface area contributed by atoms with Crippen LogP contribution in [-0.2, 0) is 4.74 Å². The van der Waals surface area contributed by atoms with Crippen LogP contribution < -0.4 is 14.2 Å². The second-order valence-electron chi connectivity index (χ2n) is 6.22. The van der Waals surface area contributed by atoms with Crippen molar-refractivity contribution in [1.82, 2.24) is 0 Å². The SMILES string of the molecule is C=C(/C=C/OC)/C=C/C1=CCC=C(/C=C/c2cc(OC)c(OC)c(OC)c2)C=C1. The fraction of sp³-hybridized carbons (Fsp3) is 0.200. The van der Waals surface area contributed by atoms with Crippen LogP contribution in [0.2, 0.25) is 0 Å². The Morgan fingerprint density at radius 1 is 0.828 bits per heavy atom. The summed E-state index contributed by atoms with van der Waals surface area (Å²) in [7, 11) is 6.44. The van der Waals surface area contributed by atoms with Gasteiger partial charge in [0.05, 0.1) is 34.7 Å². The third-order valence-corrected chi connectivity index (χ3v) is 4.24. The molecule has 1 aromatic rings. The predicted molar refractivity (Wildman–Crippen MR) is 119 cm³/mol. The van der Waals surface area contributed by atoms with Gasteiger partial charge in [0, 0.05) is 0 Å². The first-order chi connectivity index (χ1) is 14.1. The van der Waals surface area contributed by atoms with Crippen LogP contribution in [0.4, 0.5) is 0 Å². The smallest absolute Gasteiger partial charge is 0.203 e. The third kappa shape index (κ3) is 6.61. The lowest BCUT2D eigenvalue weighted by Gasteiger charge is -2.12. The summed E-state index contributed by atoms with van der Waals surface area (Å²) in [5, 5.41) is 0. The van der Waals surface area contributed by atoms with Crippen molar-refractivity contribution in [2.45, 2.75) is 6.42 Å². The van der Waals surface area contributed by atoms with Gasteiger partial charge in [-0.05, 0) is 46.9 Å². The minimum absolute atomic E-state index is 0.586. The van der Waals surface area contributed by atoms with Gasteiger partial charge in [0.15, 0.2) is 11.5 Å². The molecule has 0 amide bonds. The summed E-state index contributed by atoms with van der Waals surface area (Å²) >= 11 is 0. The highest BCUT2D eigenvalue weighted by Gasteiger charge is 2.11. The second-order valence-corrected chi connectivity index (χ2v) is 6.22. The molecule has 4 heteroatoms. The van der Waals surface area contributed by atoms with Gasteiger partial charge in [-0.2, -0.15) is 0 Å². The summed E-state index contributed by atoms with van der Waals surface area (Å²) < 4.78 is 21.1. The quantitative estimate of drug-likeness (QED) is 0.392. The summed E-state index contributed by atoms with van der Waals surface area (Å²) in [5.41, 5.74) is 4.09. The van der Waals surface area contributed by atoms with Gasteiger partial charge in [-0.15, -0.1) is 0 Å². The maximum Gasteiger partial charge on any atom is 0.203 e. The molecule has 0 radical (unpaired) electrons. The fourth-order valence-corrected chi connectivity index (χ4v) is 2.71. The molecule has 0 N–H and O–H groups in total. The first-order valence-corrected chi connectivity index (χ1v) is 9.24. The standard InChI is InChI=1S/C25H28O4/c1-19(15-16-26-2)9-10-20-7-6-8-21(12-11-20)13-14-22-17-23(27-3)25(29-5)24(18-22)28-4/h7-18H,1,6H2,2-5H3/b10-9+,14-13+,16-15+. The van der Waals surface area contributed by atoms with E-state index in [4.69, 9.17) is 18.9 Å². The zero-order valence-electron chi connectivity index (χ0n) is 17.5. The Hall–Kier alpha value is -3.40. The molecule has 1 aliphatic carbocycles. The first kappa shape index (κ1) is 21.9. The number of hydrogen-bond donors (Lipinski definition) is 0. The van der Waals surface area contributed by atoms with E-state index < -0.39 is 0 Å². The van der Waals surface area contributed by atoms with E-state index in [0.29, 0.717) is 17.2 Å². The minimum Gasteiger partial charge on any atom is -0.504 e. The van der Waals surface area contributed by atoms with Crippen molar-refractivity contribution >= 4 is 6.08 Å². The normalized spacial score (nSPS) is 14.1. The molecule has 152 valence electrons. The summed E-state index contributed by atoms with van der Waals surface area (Å²) in [4.78, 5) is 0. The maximum atomic E-state index is 5.41. The monoisotopic (exact) mass is 392 g/mol. The Bertz CT molecular complexity index is 870. The van der Waals surface area contributed by atoms with E-state index in [2.05, 4.69) is 37.0 Å². The van der Waals surface area contributed by atoms with Crippen molar-refractivity contribution in [2.24, 2.45) is 0 Å². The van der Waals surface area contributed by atoms with Crippen LogP contribution in [0.5, 0.6) is 17.2 Å². The highest BCUT2D eigenvalue weighted by molar-refractivity contribution is 5.64. The van der Waals surface area contributed by atoms with E-state index in [-0.39, 0.29) is 0 Å². The van der Waals surface area contributed by atoms with Gasteiger partial charge in [-0.25, -0.2) is 0 Å². The minimum atomic E-state index is 0.586. The van der Waals surface area contributed by atoms with Gasteiger partial charge < -0.3 is 18.9 Å². The lowest BCUT2D eigenvalue weighted by atomic mass is 10.1. The van der Waals surface area contributed by atoms with E-state index in [0.717, 1.165) is 28.7 Å². The van der Waals surface area contributed by atoms with Crippen LogP contribution in [0, 0.1) is 0 Å². The largest absolute Gasteiger partial charge is 0.504 e. The molecule has 0 heterocycles. The molecule has 0 atom stereocenters. The molecular weight excluding hydrogens is 364 g/mol. The van der Waals surface area contributed by atoms with Gasteiger partial charge in [0.1, 0.15) is 0 Å². The van der Waals surface area contributed by atoms with Crippen LogP contribution in [-0.4, -0.2) is 28.4 Å². The molecule has 29 heavy (non-hydrogen) atoms. The van der Waals surface area contributed by atoms with E-state index in [1.165, 1.54) is 0 Å². The number of allylic oxidation sites excluding steroid dienone is 11. The van der Waals surface area contributed by atoms with Crippen molar-refractivity contribution in [2.75, 3.05) is 28.4 Å². The molecular formula is C25H28O4. The molecule has 0 unspecified atom stereocenters. The highest BCUT2D eigenvalue weighted by Crippen LogP contribution is 2.38. The number of ether oxygens (including phenoxy) is 4. The van der Waals surface area contributed by atoms with Crippen molar-refractivity contribution in [3.05, 3.63) is 95.9 Å². The van der Waals surface area contributed by atoms with Gasteiger partial charge in [0.2, 0.25) is 5.75 Å². The van der Waals surface area contributed by atoms with Crippen LogP contribution in [0.25, 0.3) is 6.08 Å². The number of benzene rings is 1. The molecule has 1 aromatic carbocycles. The molecule has 0 aromatic heterocycles. The van der Waals surface area contributed by atoms with Gasteiger partial charge in [-0.1, -0.05) is 55.2 Å². The van der Waals surface area contributed by atoms with Crippen LogP contribution in [0.15, 0.2) is 90.3 Å². The maximum absolute atomic E-state index is 5.41. The van der Waals surface area contributed by atoms with Crippen LogP contribution >= 0.6 is 0 Å². The van der Waals surface area contributed by atoms with Crippen LogP contribution in [0.3, 0.4) is 0 Å². The molecule has 0 aliphatic heterocycles. The van der Waals surface area contributed by atoms with E-state index in [1.54, 1.807) is 34.7 Å². The van der Waals surface area contributed by atoms with Crippen molar-refractivity contribution in [3.8, 4) is 17.2 Å². The van der Waals surface area contributed by atoms with Crippen LogP contribution in [0.1, 0.15) is 12.0 Å². The summed E-state index contributed by atoms with van der Waals surface area (Å²) in [6.07, 6.45) is 20.9. The lowest BCUT2D eigenvalue weighted by molar-refractivity contribution is 0.324. The zero-order valence-corrected chi connectivity index (χ0v) is 17.5. The van der Waals surface area contributed by atoms with Crippen molar-refractivity contribution in [3.63, 3.8) is 0 Å². The lowest BCUT2D eigenvalue weighted by Crippen LogP contribution is -1.95. The predicted octanol–water partition coefficient (Wildman–Crippen LogP) is 5.81. The Morgan fingerprint density at radius 2 is 1.45 bits per heavy atom. The number of hydrogen-bond acceptors (Lipinski definition) is 4. The molecule has 0 spiro atoms. The van der Waals surface area contributed by atoms with E-state index in [9.17, 15) is 0 Å². The molecule has 0 saturated heterocycles. The molecule has 0 bridgehead atoms. The summed E-state index contributed by atoms with van der Waals surface area (Å²) in [6, 6.07) is 3.84. The molecule has 4 nitrogen and oxygen atoms in total. The highest BCUT2D eigenvalue weighted by atomic mass is 16.5. The van der Waals surface area contributed by atoms with Crippen molar-refractivity contribution in [1.29, 1.82) is 0 Å². The number of methoxy groups -OCH3 is 4. The zero-order chi connectivity index (χ0) is 21.1. The summed E-state index contributed by atoms with van der Waals surface area (Å²) in [5.74, 6) is 1.85. The van der Waals surface area contributed by atoms with Gasteiger partial charge in [0.25, 0.3) is 0 Å². The second kappa shape index (κ2) is 11.4. The Balaban J connectivity index is 2.11. The Labute approximate surface area is 173 Å². The Morgan fingerprint density at radius 3 is 2.00 bits per heavy atom. The first-order valence-electron chi connectivity index (χ1n) is 9.24. The Kier molecular flexibility index (Phi) is 8.64. The van der Waals surface area contributed by atoms with E-state index >= 15 is 0 Å². The van der Waals surface area contributed by atoms with E-state index in [1.807, 2.05) is 36.4 Å². The molecule has 1 aliphatic rings. The van der Waals surface area contributed by atoms with Gasteiger partial charge >= 0.3 is 0 Å². The molecule has 0 fully saturated rings. The molecule has 0 saturated carbocycles. The van der Waals surface area contributed by atoms with Gasteiger partial charge in [-0.3, -0.25) is 0 Å². The fourth-order valence-electron chi connectivity index (χ4n) is 2.71. The summed E-state index contributed by atoms with van der Waals surface area (Å²) in [6.45, 7) is 3.96. The average Bonchev–Trinajstić information content (AvgIpc) is 2.99. The topological polar surface area (TPSA) is 36.9 Å². The van der Waals surface area contributed by atoms with Crippen molar-refractivity contribution < 1.29 is 18.9 Å². The molecule has 2 rings (SSSR count). The average molecular weight is 392 g/mol. The third-order valence-electron chi connectivity index (χ3n) is 4.24.